The van der Waals surface area contributed by atoms with Gasteiger partial charge in [0.05, 0.1) is 6.61 Å². The summed E-state index contributed by atoms with van der Waals surface area (Å²) in [6, 6.07) is 15.8. The predicted molar refractivity (Wildman–Crippen MR) is 92.6 cm³/mol. The number of nitrogens with zero attached hydrogens (tertiary/aromatic N) is 1. The topological polar surface area (TPSA) is 49.8 Å². The van der Waals surface area contributed by atoms with Crippen LogP contribution < -0.4 is 4.74 Å². The number of ether oxygens (including phenoxy) is 1. The molecule has 1 amide bonds. The molecule has 3 rings (SSSR count). The van der Waals surface area contributed by atoms with Gasteiger partial charge in [-0.3, -0.25) is 4.79 Å². The maximum Gasteiger partial charge on any atom is 0.261 e. The number of amides is 1. The van der Waals surface area contributed by atoms with Gasteiger partial charge in [-0.2, -0.15) is 0 Å². The summed E-state index contributed by atoms with van der Waals surface area (Å²) in [6.45, 7) is 2.74. The van der Waals surface area contributed by atoms with E-state index in [1.54, 1.807) is 24.3 Å². The Morgan fingerprint density at radius 2 is 1.71 bits per heavy atom. The third kappa shape index (κ3) is 4.36. The highest BCUT2D eigenvalue weighted by molar-refractivity contribution is 5.78. The lowest BCUT2D eigenvalue weighted by molar-refractivity contribution is -0.134. The van der Waals surface area contributed by atoms with Crippen LogP contribution in [0.1, 0.15) is 29.5 Å². The van der Waals surface area contributed by atoms with Crippen molar-refractivity contribution in [1.29, 1.82) is 0 Å². The molecule has 0 aromatic heterocycles. The molecule has 4 nitrogen and oxygen atoms in total. The Labute approximate surface area is 142 Å². The summed E-state index contributed by atoms with van der Waals surface area (Å²) < 4.78 is 5.61. The summed E-state index contributed by atoms with van der Waals surface area (Å²) in [7, 11) is 0. The molecule has 0 radical (unpaired) electrons. The van der Waals surface area contributed by atoms with Gasteiger partial charge in [-0.1, -0.05) is 42.0 Å². The van der Waals surface area contributed by atoms with Gasteiger partial charge >= 0.3 is 0 Å². The van der Waals surface area contributed by atoms with Crippen LogP contribution in [0.5, 0.6) is 5.75 Å². The van der Waals surface area contributed by atoms with E-state index in [-0.39, 0.29) is 19.1 Å². The van der Waals surface area contributed by atoms with Crippen LogP contribution in [0.4, 0.5) is 0 Å². The maximum atomic E-state index is 12.6. The lowest BCUT2D eigenvalue weighted by Gasteiger charge is -2.23. The Hall–Kier alpha value is -2.33. The number of aliphatic hydroxyl groups is 1. The van der Waals surface area contributed by atoms with Crippen molar-refractivity contribution in [2.45, 2.75) is 39.0 Å². The van der Waals surface area contributed by atoms with Crippen LogP contribution in [0.25, 0.3) is 0 Å². The quantitative estimate of drug-likeness (QED) is 0.851. The minimum Gasteiger partial charge on any atom is -0.484 e. The first-order valence-corrected chi connectivity index (χ1v) is 8.33. The van der Waals surface area contributed by atoms with Crippen LogP contribution in [0, 0.1) is 6.92 Å². The van der Waals surface area contributed by atoms with Crippen molar-refractivity contribution in [3.8, 4) is 5.75 Å². The van der Waals surface area contributed by atoms with Gasteiger partial charge in [0.2, 0.25) is 0 Å². The van der Waals surface area contributed by atoms with Crippen molar-refractivity contribution in [3.05, 3.63) is 65.2 Å². The zero-order valence-corrected chi connectivity index (χ0v) is 13.9. The molecule has 1 N–H and O–H groups in total. The molecule has 1 saturated carbocycles. The first-order chi connectivity index (χ1) is 11.7. The normalized spacial score (nSPS) is 13.6. The zero-order valence-electron chi connectivity index (χ0n) is 13.9. The Morgan fingerprint density at radius 1 is 1.08 bits per heavy atom. The van der Waals surface area contributed by atoms with Gasteiger partial charge in [0.1, 0.15) is 5.75 Å². The van der Waals surface area contributed by atoms with E-state index in [9.17, 15) is 4.79 Å². The standard InChI is InChI=1S/C20H23NO3/c1-15-2-4-16(5-3-15)12-21(18-8-9-18)20(23)14-24-19-10-6-17(13-22)7-11-19/h2-7,10-11,18,22H,8-9,12-14H2,1H3. The number of hydrogen-bond donors (Lipinski definition) is 1. The predicted octanol–water partition coefficient (Wildman–Crippen LogP) is 3.06. The van der Waals surface area contributed by atoms with Crippen LogP contribution >= 0.6 is 0 Å². The number of hydrogen-bond acceptors (Lipinski definition) is 3. The minimum absolute atomic E-state index is 0.00518. The van der Waals surface area contributed by atoms with Crippen molar-refractivity contribution in [2.75, 3.05) is 6.61 Å². The molecule has 0 bridgehead atoms. The molecule has 4 heteroatoms. The highest BCUT2D eigenvalue weighted by Crippen LogP contribution is 2.28. The van der Waals surface area contributed by atoms with E-state index in [0.29, 0.717) is 18.3 Å². The summed E-state index contributed by atoms with van der Waals surface area (Å²) in [4.78, 5) is 14.5. The van der Waals surface area contributed by atoms with E-state index in [4.69, 9.17) is 9.84 Å². The van der Waals surface area contributed by atoms with Gasteiger partial charge in [0, 0.05) is 12.6 Å². The van der Waals surface area contributed by atoms with Gasteiger partial charge in [-0.15, -0.1) is 0 Å². The fraction of sp³-hybridized carbons (Fsp3) is 0.350. The van der Waals surface area contributed by atoms with Crippen molar-refractivity contribution in [3.63, 3.8) is 0 Å². The lowest BCUT2D eigenvalue weighted by Crippen LogP contribution is -2.36. The molecule has 24 heavy (non-hydrogen) atoms. The van der Waals surface area contributed by atoms with Crippen molar-refractivity contribution in [2.24, 2.45) is 0 Å². The second kappa shape index (κ2) is 7.49. The summed E-state index contributed by atoms with van der Waals surface area (Å²) in [6.07, 6.45) is 2.14. The van der Waals surface area contributed by atoms with Crippen LogP contribution in [0.3, 0.4) is 0 Å². The van der Waals surface area contributed by atoms with Crippen molar-refractivity contribution in [1.82, 2.24) is 4.90 Å². The van der Waals surface area contributed by atoms with Crippen LogP contribution in [0.2, 0.25) is 0 Å². The minimum atomic E-state index is 0.00518. The summed E-state index contributed by atoms with van der Waals surface area (Å²) in [5.41, 5.74) is 3.19. The lowest BCUT2D eigenvalue weighted by atomic mass is 10.1. The van der Waals surface area contributed by atoms with Gasteiger partial charge in [0.15, 0.2) is 6.61 Å². The van der Waals surface area contributed by atoms with Crippen LogP contribution in [0.15, 0.2) is 48.5 Å². The second-order valence-electron chi connectivity index (χ2n) is 6.33. The van der Waals surface area contributed by atoms with Crippen LogP contribution in [-0.4, -0.2) is 28.6 Å². The zero-order chi connectivity index (χ0) is 16.9. The summed E-state index contributed by atoms with van der Waals surface area (Å²) in [5, 5.41) is 9.04. The number of aliphatic hydroxyl groups excluding tert-OH is 1. The molecule has 0 saturated heterocycles. The molecule has 0 unspecified atom stereocenters. The van der Waals surface area contributed by atoms with Gasteiger partial charge in [0.25, 0.3) is 5.91 Å². The van der Waals surface area contributed by atoms with Gasteiger partial charge in [-0.05, 0) is 43.0 Å². The van der Waals surface area contributed by atoms with E-state index in [1.165, 1.54) is 5.56 Å². The summed E-state index contributed by atoms with van der Waals surface area (Å²) >= 11 is 0. The third-order valence-electron chi connectivity index (χ3n) is 4.25. The molecule has 1 aliphatic rings. The number of aryl methyl sites for hydroxylation is 1. The smallest absolute Gasteiger partial charge is 0.261 e. The molecule has 2 aromatic rings. The Bertz CT molecular complexity index is 675. The first-order valence-electron chi connectivity index (χ1n) is 8.33. The highest BCUT2D eigenvalue weighted by atomic mass is 16.5. The molecule has 0 aliphatic heterocycles. The monoisotopic (exact) mass is 325 g/mol. The van der Waals surface area contributed by atoms with Crippen molar-refractivity contribution < 1.29 is 14.6 Å². The van der Waals surface area contributed by atoms with Crippen LogP contribution in [-0.2, 0) is 17.9 Å². The number of benzene rings is 2. The summed E-state index contributed by atoms with van der Waals surface area (Å²) in [5.74, 6) is 0.663. The second-order valence-corrected chi connectivity index (χ2v) is 6.33. The molecule has 0 heterocycles. The average molecular weight is 325 g/mol. The largest absolute Gasteiger partial charge is 0.484 e. The average Bonchev–Trinajstić information content (AvgIpc) is 3.44. The third-order valence-corrected chi connectivity index (χ3v) is 4.25. The fourth-order valence-electron chi connectivity index (χ4n) is 2.62. The molecule has 1 fully saturated rings. The molecular weight excluding hydrogens is 302 g/mol. The molecule has 1 aliphatic carbocycles. The van der Waals surface area contributed by atoms with Gasteiger partial charge in [-0.25, -0.2) is 0 Å². The highest BCUT2D eigenvalue weighted by Gasteiger charge is 2.32. The molecule has 0 atom stereocenters. The molecule has 2 aromatic carbocycles. The maximum absolute atomic E-state index is 12.6. The number of rotatable bonds is 7. The van der Waals surface area contributed by atoms with E-state index in [0.717, 1.165) is 24.0 Å². The van der Waals surface area contributed by atoms with Gasteiger partial charge < -0.3 is 14.7 Å². The Balaban J connectivity index is 1.58. The number of carbonyl (C=O) groups is 1. The molecule has 0 spiro atoms. The van der Waals surface area contributed by atoms with E-state index in [2.05, 4.69) is 31.2 Å². The van der Waals surface area contributed by atoms with Crippen molar-refractivity contribution >= 4 is 5.91 Å². The van der Waals surface area contributed by atoms with E-state index < -0.39 is 0 Å². The molecular formula is C20H23NO3. The first kappa shape index (κ1) is 16.5. The molecule has 126 valence electrons. The van der Waals surface area contributed by atoms with E-state index >= 15 is 0 Å². The SMILES string of the molecule is Cc1ccc(CN(C(=O)COc2ccc(CO)cc2)C2CC2)cc1. The van der Waals surface area contributed by atoms with E-state index in [1.807, 2.05) is 4.90 Å². The Morgan fingerprint density at radius 3 is 2.29 bits per heavy atom. The Kier molecular flexibility index (Phi) is 5.16. The number of carbonyl (C=O) groups excluding carboxylic acids is 1. The fourth-order valence-corrected chi connectivity index (χ4v) is 2.62.